The summed E-state index contributed by atoms with van der Waals surface area (Å²) in [7, 11) is -2.48. The van der Waals surface area contributed by atoms with Gasteiger partial charge in [-0.05, 0) is 48.5 Å². The first-order valence-corrected chi connectivity index (χ1v) is 9.96. The molecule has 150 valence electrons. The van der Waals surface area contributed by atoms with E-state index < -0.39 is 21.9 Å². The molecule has 0 saturated carbocycles. The van der Waals surface area contributed by atoms with Gasteiger partial charge >= 0.3 is 6.03 Å². The summed E-state index contributed by atoms with van der Waals surface area (Å²) in [4.78, 5) is 12.3. The van der Waals surface area contributed by atoms with Gasteiger partial charge in [0.05, 0.1) is 29.1 Å². The molecule has 0 atom stereocenters. The van der Waals surface area contributed by atoms with Gasteiger partial charge in [0.15, 0.2) is 0 Å². The largest absolute Gasteiger partial charge is 0.495 e. The standard InChI is InChI=1S/C20H18FN3O4S/c1-28-19-9-5-4-8-18(19)23-20(25)22-16-6-2-3-7-17(16)24-29(26,27)15-12-10-14(21)11-13-15/h2-13,24H,1H3,(H2,22,23,25). The van der Waals surface area contributed by atoms with Crippen LogP contribution in [0.3, 0.4) is 0 Å². The minimum absolute atomic E-state index is 0.104. The zero-order chi connectivity index (χ0) is 20.9. The van der Waals surface area contributed by atoms with Gasteiger partial charge in [-0.15, -0.1) is 0 Å². The van der Waals surface area contributed by atoms with Crippen LogP contribution < -0.4 is 20.1 Å². The third-order valence-electron chi connectivity index (χ3n) is 3.90. The second kappa shape index (κ2) is 8.61. The van der Waals surface area contributed by atoms with Crippen LogP contribution in [0.4, 0.5) is 26.2 Å². The Morgan fingerprint density at radius 2 is 1.38 bits per heavy atom. The van der Waals surface area contributed by atoms with Crippen molar-refractivity contribution < 1.29 is 22.3 Å². The number of carbonyl (C=O) groups is 1. The second-order valence-corrected chi connectivity index (χ2v) is 7.57. The number of rotatable bonds is 6. The molecule has 2 amide bonds. The smallest absolute Gasteiger partial charge is 0.323 e. The van der Waals surface area contributed by atoms with Gasteiger partial charge in [0.2, 0.25) is 0 Å². The fraction of sp³-hybridized carbons (Fsp3) is 0.0500. The Labute approximate surface area is 167 Å². The van der Waals surface area contributed by atoms with E-state index in [0.29, 0.717) is 11.4 Å². The molecule has 0 radical (unpaired) electrons. The molecule has 29 heavy (non-hydrogen) atoms. The van der Waals surface area contributed by atoms with Crippen molar-refractivity contribution in [3.05, 3.63) is 78.6 Å². The van der Waals surface area contributed by atoms with Crippen molar-refractivity contribution in [3.8, 4) is 5.75 Å². The number of sulfonamides is 1. The van der Waals surface area contributed by atoms with E-state index in [0.717, 1.165) is 24.3 Å². The lowest BCUT2D eigenvalue weighted by atomic mass is 10.2. The Hall–Kier alpha value is -3.59. The number of amides is 2. The summed E-state index contributed by atoms with van der Waals surface area (Å²) < 4.78 is 45.7. The van der Waals surface area contributed by atoms with E-state index in [2.05, 4.69) is 15.4 Å². The first-order valence-electron chi connectivity index (χ1n) is 8.47. The van der Waals surface area contributed by atoms with E-state index in [1.807, 2.05) is 0 Å². The van der Waals surface area contributed by atoms with Gasteiger partial charge in [-0.2, -0.15) is 0 Å². The summed E-state index contributed by atoms with van der Waals surface area (Å²) in [5, 5.41) is 5.24. The van der Waals surface area contributed by atoms with E-state index in [-0.39, 0.29) is 16.3 Å². The maximum atomic E-state index is 13.1. The number of hydrogen-bond donors (Lipinski definition) is 3. The summed E-state index contributed by atoms with van der Waals surface area (Å²) in [6.07, 6.45) is 0. The number of nitrogens with one attached hydrogen (secondary N) is 3. The molecule has 0 aliphatic carbocycles. The quantitative estimate of drug-likeness (QED) is 0.560. The molecule has 0 aliphatic rings. The highest BCUT2D eigenvalue weighted by Crippen LogP contribution is 2.26. The van der Waals surface area contributed by atoms with Crippen molar-refractivity contribution >= 4 is 33.1 Å². The first kappa shape index (κ1) is 20.2. The topological polar surface area (TPSA) is 96.5 Å². The number of ether oxygens (including phenoxy) is 1. The zero-order valence-corrected chi connectivity index (χ0v) is 16.2. The first-order chi connectivity index (χ1) is 13.9. The van der Waals surface area contributed by atoms with E-state index in [1.165, 1.54) is 13.2 Å². The van der Waals surface area contributed by atoms with Crippen molar-refractivity contribution in [2.24, 2.45) is 0 Å². The average Bonchev–Trinajstić information content (AvgIpc) is 2.70. The lowest BCUT2D eigenvalue weighted by Crippen LogP contribution is -2.21. The number of carbonyl (C=O) groups excluding carboxylic acids is 1. The minimum Gasteiger partial charge on any atom is -0.495 e. The molecule has 3 aromatic carbocycles. The highest BCUT2D eigenvalue weighted by atomic mass is 32.2. The second-order valence-electron chi connectivity index (χ2n) is 5.88. The Kier molecular flexibility index (Phi) is 5.99. The molecule has 7 nitrogen and oxygen atoms in total. The van der Waals surface area contributed by atoms with Crippen LogP contribution in [-0.4, -0.2) is 21.6 Å². The molecule has 0 saturated heterocycles. The van der Waals surface area contributed by atoms with Crippen molar-refractivity contribution in [1.82, 2.24) is 0 Å². The zero-order valence-electron chi connectivity index (χ0n) is 15.3. The van der Waals surface area contributed by atoms with E-state index in [1.54, 1.807) is 42.5 Å². The molecular weight excluding hydrogens is 397 g/mol. The molecule has 0 spiro atoms. The molecule has 0 bridgehead atoms. The Morgan fingerprint density at radius 3 is 2.03 bits per heavy atom. The van der Waals surface area contributed by atoms with Crippen LogP contribution in [0.2, 0.25) is 0 Å². The Balaban J connectivity index is 1.78. The van der Waals surface area contributed by atoms with Crippen molar-refractivity contribution in [3.63, 3.8) is 0 Å². The van der Waals surface area contributed by atoms with E-state index in [9.17, 15) is 17.6 Å². The maximum absolute atomic E-state index is 13.1. The minimum atomic E-state index is -3.97. The van der Waals surface area contributed by atoms with Crippen LogP contribution in [-0.2, 0) is 10.0 Å². The molecular formula is C20H18FN3O4S. The number of hydrogen-bond acceptors (Lipinski definition) is 4. The van der Waals surface area contributed by atoms with Crippen LogP contribution in [0.1, 0.15) is 0 Å². The number of para-hydroxylation sites is 4. The molecule has 3 rings (SSSR count). The van der Waals surface area contributed by atoms with Crippen LogP contribution in [0, 0.1) is 5.82 Å². The third kappa shape index (κ3) is 5.02. The lowest BCUT2D eigenvalue weighted by molar-refractivity contribution is 0.262. The van der Waals surface area contributed by atoms with Gasteiger partial charge in [0.1, 0.15) is 11.6 Å². The van der Waals surface area contributed by atoms with Crippen molar-refractivity contribution in [2.45, 2.75) is 4.90 Å². The van der Waals surface area contributed by atoms with Gasteiger partial charge in [0, 0.05) is 0 Å². The van der Waals surface area contributed by atoms with Crippen LogP contribution in [0.25, 0.3) is 0 Å². The fourth-order valence-electron chi connectivity index (χ4n) is 2.52. The molecule has 3 N–H and O–H groups in total. The summed E-state index contributed by atoms with van der Waals surface area (Å²) >= 11 is 0. The van der Waals surface area contributed by atoms with Gasteiger partial charge in [-0.25, -0.2) is 17.6 Å². The molecule has 3 aromatic rings. The van der Waals surface area contributed by atoms with Crippen LogP contribution in [0.5, 0.6) is 5.75 Å². The highest BCUT2D eigenvalue weighted by Gasteiger charge is 2.17. The molecule has 0 heterocycles. The molecule has 0 unspecified atom stereocenters. The van der Waals surface area contributed by atoms with Crippen LogP contribution >= 0.6 is 0 Å². The fourth-order valence-corrected chi connectivity index (χ4v) is 3.60. The Morgan fingerprint density at radius 1 is 0.828 bits per heavy atom. The molecule has 0 aromatic heterocycles. The number of benzene rings is 3. The molecule has 0 aliphatic heterocycles. The molecule has 9 heteroatoms. The third-order valence-corrected chi connectivity index (χ3v) is 5.28. The van der Waals surface area contributed by atoms with Crippen molar-refractivity contribution in [1.29, 1.82) is 0 Å². The summed E-state index contributed by atoms with van der Waals surface area (Å²) in [5.41, 5.74) is 0.856. The van der Waals surface area contributed by atoms with Gasteiger partial charge in [-0.3, -0.25) is 4.72 Å². The Bertz CT molecular complexity index is 1120. The van der Waals surface area contributed by atoms with E-state index in [4.69, 9.17) is 4.74 Å². The van der Waals surface area contributed by atoms with Crippen LogP contribution in [0.15, 0.2) is 77.7 Å². The summed E-state index contributed by atoms with van der Waals surface area (Å²) in [6, 6.07) is 17.0. The SMILES string of the molecule is COc1ccccc1NC(=O)Nc1ccccc1NS(=O)(=O)c1ccc(F)cc1. The van der Waals surface area contributed by atoms with E-state index >= 15 is 0 Å². The summed E-state index contributed by atoms with van der Waals surface area (Å²) in [5.74, 6) is -0.0630. The van der Waals surface area contributed by atoms with Gasteiger partial charge < -0.3 is 15.4 Å². The maximum Gasteiger partial charge on any atom is 0.323 e. The highest BCUT2D eigenvalue weighted by molar-refractivity contribution is 7.92. The van der Waals surface area contributed by atoms with Gasteiger partial charge in [-0.1, -0.05) is 24.3 Å². The predicted molar refractivity (Wildman–Crippen MR) is 109 cm³/mol. The average molecular weight is 415 g/mol. The summed E-state index contributed by atoms with van der Waals surface area (Å²) in [6.45, 7) is 0. The number of anilines is 3. The normalized spacial score (nSPS) is 10.8. The van der Waals surface area contributed by atoms with Crippen molar-refractivity contribution in [2.75, 3.05) is 22.5 Å². The number of methoxy groups -OCH3 is 1. The molecule has 0 fully saturated rings. The van der Waals surface area contributed by atoms with Gasteiger partial charge in [0.25, 0.3) is 10.0 Å². The number of urea groups is 1. The lowest BCUT2D eigenvalue weighted by Gasteiger charge is -2.15. The monoisotopic (exact) mass is 415 g/mol. The number of halogens is 1. The predicted octanol–water partition coefficient (Wildman–Crippen LogP) is 4.28.